The molecule has 0 spiro atoms. The molecule has 0 saturated heterocycles. The summed E-state index contributed by atoms with van der Waals surface area (Å²) in [7, 11) is 0. The highest BCUT2D eigenvalue weighted by atomic mass is 79.9. The van der Waals surface area contributed by atoms with Gasteiger partial charge in [-0.3, -0.25) is 0 Å². The SMILES string of the molecule is NOC/C=C/Br. The molecule has 0 bridgehead atoms. The average molecular weight is 152 g/mol. The van der Waals surface area contributed by atoms with Gasteiger partial charge in [0.05, 0.1) is 6.61 Å². The van der Waals surface area contributed by atoms with Gasteiger partial charge in [0.15, 0.2) is 0 Å². The molecule has 0 aliphatic carbocycles. The highest BCUT2D eigenvalue weighted by Crippen LogP contribution is 1.79. The van der Waals surface area contributed by atoms with Crippen LogP contribution in [0.2, 0.25) is 0 Å². The van der Waals surface area contributed by atoms with Gasteiger partial charge in [-0.15, -0.1) is 0 Å². The molecule has 0 saturated carbocycles. The van der Waals surface area contributed by atoms with Crippen molar-refractivity contribution in [1.29, 1.82) is 0 Å². The van der Waals surface area contributed by atoms with Crippen LogP contribution in [-0.4, -0.2) is 6.61 Å². The van der Waals surface area contributed by atoms with Gasteiger partial charge in [0, 0.05) is 0 Å². The van der Waals surface area contributed by atoms with E-state index in [0.717, 1.165) is 0 Å². The number of hydrogen-bond donors (Lipinski definition) is 1. The number of halogens is 1. The zero-order chi connectivity index (χ0) is 4.83. The zero-order valence-electron chi connectivity index (χ0n) is 3.23. The van der Waals surface area contributed by atoms with Gasteiger partial charge in [-0.1, -0.05) is 22.0 Å². The molecule has 0 aromatic heterocycles. The van der Waals surface area contributed by atoms with E-state index in [0.29, 0.717) is 6.61 Å². The molecule has 0 unspecified atom stereocenters. The van der Waals surface area contributed by atoms with Crippen LogP contribution in [0.15, 0.2) is 11.1 Å². The molecular weight excluding hydrogens is 146 g/mol. The van der Waals surface area contributed by atoms with Gasteiger partial charge < -0.3 is 4.84 Å². The lowest BCUT2D eigenvalue weighted by Crippen LogP contribution is -1.96. The number of nitrogens with two attached hydrogens (primary N) is 1. The zero-order valence-corrected chi connectivity index (χ0v) is 4.81. The monoisotopic (exact) mass is 151 g/mol. The predicted octanol–water partition coefficient (Wildman–Crippen LogP) is 0.785. The second kappa shape index (κ2) is 5.14. The lowest BCUT2D eigenvalue weighted by atomic mass is 10.7. The molecule has 0 amide bonds. The summed E-state index contributed by atoms with van der Waals surface area (Å²) in [6.07, 6.45) is 1.75. The van der Waals surface area contributed by atoms with Crippen LogP contribution in [0.25, 0.3) is 0 Å². The van der Waals surface area contributed by atoms with Crippen LogP contribution in [0.4, 0.5) is 0 Å². The molecule has 0 fully saturated rings. The van der Waals surface area contributed by atoms with E-state index in [4.69, 9.17) is 0 Å². The van der Waals surface area contributed by atoms with E-state index in [2.05, 4.69) is 26.7 Å². The van der Waals surface area contributed by atoms with Crippen LogP contribution in [-0.2, 0) is 4.84 Å². The Hall–Kier alpha value is 0.140. The van der Waals surface area contributed by atoms with Crippen LogP contribution in [0, 0.1) is 0 Å². The molecule has 0 rings (SSSR count). The van der Waals surface area contributed by atoms with E-state index in [-0.39, 0.29) is 0 Å². The van der Waals surface area contributed by atoms with E-state index >= 15 is 0 Å². The fraction of sp³-hybridized carbons (Fsp3) is 0.333. The Labute approximate surface area is 45.1 Å². The van der Waals surface area contributed by atoms with E-state index in [9.17, 15) is 0 Å². The molecule has 2 N–H and O–H groups in total. The summed E-state index contributed by atoms with van der Waals surface area (Å²) in [6.45, 7) is 0.464. The van der Waals surface area contributed by atoms with Crippen molar-refractivity contribution in [2.75, 3.05) is 6.61 Å². The maximum atomic E-state index is 4.64. The first-order valence-corrected chi connectivity index (χ1v) is 2.40. The Balaban J connectivity index is 2.66. The van der Waals surface area contributed by atoms with E-state index in [1.165, 1.54) is 0 Å². The summed E-state index contributed by atoms with van der Waals surface area (Å²) in [5, 5.41) is 0. The van der Waals surface area contributed by atoms with Crippen LogP contribution in [0.1, 0.15) is 0 Å². The van der Waals surface area contributed by atoms with Gasteiger partial charge in [-0.25, -0.2) is 5.90 Å². The molecule has 36 valence electrons. The third-order valence-corrected chi connectivity index (χ3v) is 0.655. The molecule has 0 aromatic rings. The second-order valence-electron chi connectivity index (χ2n) is 0.695. The van der Waals surface area contributed by atoms with Crippen LogP contribution in [0.3, 0.4) is 0 Å². The summed E-state index contributed by atoms with van der Waals surface area (Å²) in [6, 6.07) is 0. The van der Waals surface area contributed by atoms with Crippen molar-refractivity contribution >= 4 is 15.9 Å². The van der Waals surface area contributed by atoms with Crippen LogP contribution < -0.4 is 5.90 Å². The summed E-state index contributed by atoms with van der Waals surface area (Å²) < 4.78 is 0. The Kier molecular flexibility index (Phi) is 5.26. The van der Waals surface area contributed by atoms with Crippen molar-refractivity contribution < 1.29 is 4.84 Å². The summed E-state index contributed by atoms with van der Waals surface area (Å²) in [5.41, 5.74) is 0. The molecule has 0 atom stereocenters. The van der Waals surface area contributed by atoms with Gasteiger partial charge in [-0.05, 0) is 4.99 Å². The predicted molar refractivity (Wildman–Crippen MR) is 28.2 cm³/mol. The minimum Gasteiger partial charge on any atom is -0.300 e. The maximum absolute atomic E-state index is 4.64. The van der Waals surface area contributed by atoms with Crippen molar-refractivity contribution in [3.63, 3.8) is 0 Å². The van der Waals surface area contributed by atoms with Gasteiger partial charge in [0.25, 0.3) is 0 Å². The molecule has 0 aliphatic heterocycles. The summed E-state index contributed by atoms with van der Waals surface area (Å²) in [4.78, 5) is 5.86. The fourth-order valence-corrected chi connectivity index (χ4v) is 0.245. The Morgan fingerprint density at radius 1 is 1.83 bits per heavy atom. The highest BCUT2D eigenvalue weighted by molar-refractivity contribution is 9.11. The lowest BCUT2D eigenvalue weighted by Gasteiger charge is -1.80. The largest absolute Gasteiger partial charge is 0.300 e. The average Bonchev–Trinajstić information content (AvgIpc) is 1.61. The molecule has 0 aromatic carbocycles. The molecule has 0 heterocycles. The first-order valence-electron chi connectivity index (χ1n) is 1.48. The second-order valence-corrected chi connectivity index (χ2v) is 1.22. The van der Waals surface area contributed by atoms with Crippen molar-refractivity contribution in [2.45, 2.75) is 0 Å². The van der Waals surface area contributed by atoms with Crippen molar-refractivity contribution in [2.24, 2.45) is 5.90 Å². The van der Waals surface area contributed by atoms with Crippen LogP contribution in [0.5, 0.6) is 0 Å². The molecule has 0 aliphatic rings. The van der Waals surface area contributed by atoms with E-state index in [1.54, 1.807) is 11.1 Å². The summed E-state index contributed by atoms with van der Waals surface area (Å²) >= 11 is 3.03. The third kappa shape index (κ3) is 4.14. The standard InChI is InChI=1S/C3H6BrNO/c4-2-1-3-6-5/h1-2H,3,5H2/b2-1+. The fourth-order valence-electron chi connectivity index (χ4n) is 0.0919. The number of rotatable bonds is 2. The van der Waals surface area contributed by atoms with Crippen molar-refractivity contribution in [3.05, 3.63) is 11.1 Å². The minimum absolute atomic E-state index is 0.464. The third-order valence-electron chi connectivity index (χ3n) is 0.282. The topological polar surface area (TPSA) is 35.2 Å². The molecule has 2 nitrogen and oxygen atoms in total. The smallest absolute Gasteiger partial charge is 0.0868 e. The first kappa shape index (κ1) is 6.14. The van der Waals surface area contributed by atoms with Gasteiger partial charge in [-0.2, -0.15) is 0 Å². The van der Waals surface area contributed by atoms with E-state index < -0.39 is 0 Å². The van der Waals surface area contributed by atoms with Gasteiger partial charge in [0.1, 0.15) is 0 Å². The molecule has 0 radical (unpaired) electrons. The Morgan fingerprint density at radius 3 is 2.67 bits per heavy atom. The quantitative estimate of drug-likeness (QED) is 0.593. The molecule has 3 heteroatoms. The molecule has 6 heavy (non-hydrogen) atoms. The maximum Gasteiger partial charge on any atom is 0.0868 e. The van der Waals surface area contributed by atoms with Gasteiger partial charge in [0.2, 0.25) is 0 Å². The number of hydrogen-bond acceptors (Lipinski definition) is 2. The lowest BCUT2D eigenvalue weighted by molar-refractivity contribution is 0.168. The van der Waals surface area contributed by atoms with Crippen molar-refractivity contribution in [1.82, 2.24) is 0 Å². The van der Waals surface area contributed by atoms with Crippen molar-refractivity contribution in [3.8, 4) is 0 Å². The Bertz CT molecular complexity index is 46.1. The van der Waals surface area contributed by atoms with E-state index in [1.807, 2.05) is 0 Å². The molecular formula is C3H6BrNO. The summed E-state index contributed by atoms with van der Waals surface area (Å²) in [5.74, 6) is 4.64. The van der Waals surface area contributed by atoms with Crippen LogP contribution >= 0.6 is 15.9 Å². The first-order chi connectivity index (χ1) is 2.91. The normalized spacial score (nSPS) is 10.3. The van der Waals surface area contributed by atoms with Gasteiger partial charge >= 0.3 is 0 Å². The Morgan fingerprint density at radius 2 is 2.50 bits per heavy atom. The highest BCUT2D eigenvalue weighted by Gasteiger charge is 1.63. The minimum atomic E-state index is 0.464.